The molecule has 2 aliphatic heterocycles. The third kappa shape index (κ3) is 2.26. The van der Waals surface area contributed by atoms with Gasteiger partial charge in [0, 0.05) is 47.2 Å². The fourth-order valence-electron chi connectivity index (χ4n) is 4.87. The Morgan fingerprint density at radius 2 is 2.00 bits per heavy atom. The van der Waals surface area contributed by atoms with Crippen LogP contribution in [-0.2, 0) is 4.74 Å². The lowest BCUT2D eigenvalue weighted by Crippen LogP contribution is -2.31. The molecule has 0 saturated carbocycles. The van der Waals surface area contributed by atoms with Crippen molar-refractivity contribution >= 4 is 27.4 Å². The average Bonchev–Trinajstić information content (AvgIpc) is 3.40. The van der Waals surface area contributed by atoms with E-state index in [1.165, 1.54) is 12.1 Å². The Bertz CT molecular complexity index is 1200. The Balaban J connectivity index is 1.48. The summed E-state index contributed by atoms with van der Waals surface area (Å²) in [4.78, 5) is 10.2. The van der Waals surface area contributed by atoms with Crippen LogP contribution in [0.2, 0.25) is 0 Å². The van der Waals surface area contributed by atoms with Crippen molar-refractivity contribution < 1.29 is 9.84 Å². The lowest BCUT2D eigenvalue weighted by Gasteiger charge is -2.26. The van der Waals surface area contributed by atoms with Crippen molar-refractivity contribution in [1.82, 2.24) is 9.97 Å². The highest BCUT2D eigenvalue weighted by molar-refractivity contribution is 6.01. The van der Waals surface area contributed by atoms with E-state index in [0.717, 1.165) is 52.5 Å². The van der Waals surface area contributed by atoms with Gasteiger partial charge in [-0.15, -0.1) is 0 Å². The van der Waals surface area contributed by atoms with Crippen LogP contribution in [0, 0.1) is 5.92 Å². The number of rotatable bonds is 2. The van der Waals surface area contributed by atoms with E-state index >= 15 is 0 Å². The molecule has 0 aliphatic carbocycles. The third-order valence-electron chi connectivity index (χ3n) is 6.22. The number of H-pyrrole nitrogens is 1. The van der Waals surface area contributed by atoms with Gasteiger partial charge in [-0.25, -0.2) is 0 Å². The van der Waals surface area contributed by atoms with E-state index in [1.54, 1.807) is 0 Å². The molecule has 2 atom stereocenters. The number of nitrogens with zero attached hydrogens (tertiary/aromatic N) is 2. The minimum Gasteiger partial charge on any atom is -0.494 e. The Kier molecular flexibility index (Phi) is 3.40. The monoisotopic (exact) mass is 371 g/mol. The highest BCUT2D eigenvalue weighted by atomic mass is 16.5. The van der Waals surface area contributed by atoms with Crippen molar-refractivity contribution in [2.45, 2.75) is 19.1 Å². The molecule has 6 rings (SSSR count). The van der Waals surface area contributed by atoms with Gasteiger partial charge >= 0.3 is 0 Å². The fraction of sp³-hybridized carbons (Fsp3) is 0.261. The zero-order valence-corrected chi connectivity index (χ0v) is 15.4. The molecule has 5 heteroatoms. The highest BCUT2D eigenvalue weighted by Gasteiger charge is 2.39. The van der Waals surface area contributed by atoms with Gasteiger partial charge in [-0.3, -0.25) is 4.98 Å². The van der Waals surface area contributed by atoms with Gasteiger partial charge in [0.15, 0.2) is 5.88 Å². The summed E-state index contributed by atoms with van der Waals surface area (Å²) in [6, 6.07) is 16.3. The molecule has 2 saturated heterocycles. The van der Waals surface area contributed by atoms with E-state index in [9.17, 15) is 5.11 Å². The summed E-state index contributed by atoms with van der Waals surface area (Å²) in [7, 11) is 0. The van der Waals surface area contributed by atoms with Gasteiger partial charge in [0.25, 0.3) is 0 Å². The molecule has 140 valence electrons. The number of nitrogens with one attached hydrogen (secondary N) is 1. The topological polar surface area (TPSA) is 61.4 Å². The predicted octanol–water partition coefficient (Wildman–Crippen LogP) is 4.66. The van der Waals surface area contributed by atoms with Crippen molar-refractivity contribution in [3.8, 4) is 17.1 Å². The summed E-state index contributed by atoms with van der Waals surface area (Å²) < 4.78 is 6.01. The number of aromatic hydroxyl groups is 1. The van der Waals surface area contributed by atoms with Crippen molar-refractivity contribution in [3.05, 3.63) is 54.7 Å². The van der Waals surface area contributed by atoms with E-state index < -0.39 is 0 Å². The molecular formula is C23H21N3O2. The quantitative estimate of drug-likeness (QED) is 0.538. The molecule has 2 N–H and O–H groups in total. The summed E-state index contributed by atoms with van der Waals surface area (Å²) in [6.07, 6.45) is 4.48. The molecule has 2 unspecified atom stereocenters. The lowest BCUT2D eigenvalue weighted by molar-refractivity contribution is 0.105. The van der Waals surface area contributed by atoms with Crippen molar-refractivity contribution in [3.63, 3.8) is 0 Å². The molecule has 0 amide bonds. The summed E-state index contributed by atoms with van der Waals surface area (Å²) in [5.41, 5.74) is 3.63. The number of aromatic nitrogens is 2. The first-order valence-corrected chi connectivity index (χ1v) is 9.87. The number of hydrogen-bond donors (Lipinski definition) is 2. The Hall–Kier alpha value is -3.05. The third-order valence-corrected chi connectivity index (χ3v) is 6.22. The molecular weight excluding hydrogens is 350 g/mol. The number of aromatic amines is 1. The fourth-order valence-corrected chi connectivity index (χ4v) is 4.87. The van der Waals surface area contributed by atoms with Gasteiger partial charge in [0.2, 0.25) is 0 Å². The summed E-state index contributed by atoms with van der Waals surface area (Å²) in [5.74, 6) is 0.802. The lowest BCUT2D eigenvalue weighted by atomic mass is 10.0. The smallest absolute Gasteiger partial charge is 0.199 e. The van der Waals surface area contributed by atoms with Gasteiger partial charge in [0.1, 0.15) is 6.23 Å². The number of pyridine rings is 1. The van der Waals surface area contributed by atoms with Crippen molar-refractivity contribution in [2.75, 3.05) is 18.1 Å². The maximum Gasteiger partial charge on any atom is 0.199 e. The van der Waals surface area contributed by atoms with Crippen molar-refractivity contribution in [2.24, 2.45) is 5.92 Å². The molecule has 2 aliphatic rings. The van der Waals surface area contributed by atoms with Crippen LogP contribution in [-0.4, -0.2) is 34.5 Å². The molecule has 2 aromatic heterocycles. The van der Waals surface area contributed by atoms with Crippen LogP contribution < -0.4 is 4.90 Å². The number of ether oxygens (including phenoxy) is 1. The zero-order chi connectivity index (χ0) is 18.7. The second kappa shape index (κ2) is 5.97. The van der Waals surface area contributed by atoms with Crippen LogP contribution in [0.25, 0.3) is 32.9 Å². The van der Waals surface area contributed by atoms with Crippen LogP contribution in [0.1, 0.15) is 12.8 Å². The molecule has 4 aromatic rings. The Labute approximate surface area is 162 Å². The summed E-state index contributed by atoms with van der Waals surface area (Å²) in [6.45, 7) is 1.89. The maximum atomic E-state index is 10.5. The minimum absolute atomic E-state index is 0.158. The van der Waals surface area contributed by atoms with Crippen LogP contribution >= 0.6 is 0 Å². The SMILES string of the molecule is Oc1[nH]c2ccccc2c1-c1cc2cccc(N3CCC4CCOC43)c2cn1. The van der Waals surface area contributed by atoms with Gasteiger partial charge in [-0.2, -0.15) is 0 Å². The summed E-state index contributed by atoms with van der Waals surface area (Å²) >= 11 is 0. The predicted molar refractivity (Wildman–Crippen MR) is 111 cm³/mol. The van der Waals surface area contributed by atoms with E-state index in [0.29, 0.717) is 5.92 Å². The first-order chi connectivity index (χ1) is 13.8. The number of benzene rings is 2. The Morgan fingerprint density at radius 3 is 2.96 bits per heavy atom. The number of hydrogen-bond acceptors (Lipinski definition) is 4. The van der Waals surface area contributed by atoms with E-state index in [1.807, 2.05) is 30.5 Å². The molecule has 0 bridgehead atoms. The second-order valence-corrected chi connectivity index (χ2v) is 7.75. The van der Waals surface area contributed by atoms with Gasteiger partial charge in [0.05, 0.1) is 11.3 Å². The molecule has 5 nitrogen and oxygen atoms in total. The molecule has 2 aromatic carbocycles. The molecule has 0 spiro atoms. The first kappa shape index (κ1) is 16.0. The largest absolute Gasteiger partial charge is 0.494 e. The van der Waals surface area contributed by atoms with Crippen LogP contribution in [0.5, 0.6) is 5.88 Å². The number of para-hydroxylation sites is 1. The normalized spacial score (nSPS) is 21.6. The molecule has 4 heterocycles. The van der Waals surface area contributed by atoms with Crippen molar-refractivity contribution in [1.29, 1.82) is 0 Å². The molecule has 2 fully saturated rings. The van der Waals surface area contributed by atoms with Crippen LogP contribution in [0.4, 0.5) is 5.69 Å². The average molecular weight is 371 g/mol. The molecule has 0 radical (unpaired) electrons. The van der Waals surface area contributed by atoms with Gasteiger partial charge < -0.3 is 19.7 Å². The second-order valence-electron chi connectivity index (χ2n) is 7.75. The van der Waals surface area contributed by atoms with E-state index in [4.69, 9.17) is 9.72 Å². The summed E-state index contributed by atoms with van der Waals surface area (Å²) in [5, 5.41) is 13.7. The van der Waals surface area contributed by atoms with E-state index in [-0.39, 0.29) is 12.1 Å². The van der Waals surface area contributed by atoms with Gasteiger partial charge in [-0.05, 0) is 36.4 Å². The van der Waals surface area contributed by atoms with Crippen LogP contribution in [0.15, 0.2) is 54.7 Å². The molecule has 28 heavy (non-hydrogen) atoms. The van der Waals surface area contributed by atoms with Crippen LogP contribution in [0.3, 0.4) is 0 Å². The zero-order valence-electron chi connectivity index (χ0n) is 15.4. The highest BCUT2D eigenvalue weighted by Crippen LogP contribution is 2.41. The Morgan fingerprint density at radius 1 is 1.07 bits per heavy atom. The van der Waals surface area contributed by atoms with E-state index in [2.05, 4.69) is 34.1 Å². The number of anilines is 1. The maximum absolute atomic E-state index is 10.5. The van der Waals surface area contributed by atoms with Gasteiger partial charge in [-0.1, -0.05) is 30.3 Å². The number of fused-ring (bicyclic) bond motifs is 3. The first-order valence-electron chi connectivity index (χ1n) is 9.87. The standard InChI is InChI=1S/C23H21N3O2/c27-22-21(16-5-1-2-6-18(16)25-22)19-12-15-4-3-7-20(17(15)13-24-19)26-10-8-14-9-11-28-23(14)26/h1-7,12-14,23,25,27H,8-11H2. The minimum atomic E-state index is 0.158.